The Morgan fingerprint density at radius 1 is 1.14 bits per heavy atom. The van der Waals surface area contributed by atoms with Gasteiger partial charge in [0.15, 0.2) is 0 Å². The predicted molar refractivity (Wildman–Crippen MR) is 82.3 cm³/mol. The van der Waals surface area contributed by atoms with Crippen LogP contribution in [-0.2, 0) is 13.1 Å². The molecule has 0 aliphatic rings. The molecule has 0 bridgehead atoms. The first-order valence-corrected chi connectivity index (χ1v) is 6.74. The summed E-state index contributed by atoms with van der Waals surface area (Å²) in [6.45, 7) is 1.18. The van der Waals surface area contributed by atoms with Gasteiger partial charge in [-0.15, -0.1) is 0 Å². The molecule has 0 spiro atoms. The second-order valence-electron chi connectivity index (χ2n) is 5.21. The lowest BCUT2D eigenvalue weighted by molar-refractivity contribution is 0.392. The minimum absolute atomic E-state index is 0.200. The Bertz CT molecular complexity index is 642. The quantitative estimate of drug-likeness (QED) is 0.914. The number of rotatable bonds is 5. The number of hydrogen-bond donors (Lipinski definition) is 1. The van der Waals surface area contributed by atoms with Gasteiger partial charge in [0, 0.05) is 24.3 Å². The summed E-state index contributed by atoms with van der Waals surface area (Å²) < 4.78 is 13.9. The highest BCUT2D eigenvalue weighted by atomic mass is 19.1. The van der Waals surface area contributed by atoms with Crippen LogP contribution in [0.15, 0.2) is 42.5 Å². The van der Waals surface area contributed by atoms with Crippen LogP contribution in [0.3, 0.4) is 0 Å². The van der Waals surface area contributed by atoms with Crippen molar-refractivity contribution in [3.63, 3.8) is 0 Å². The van der Waals surface area contributed by atoms with Gasteiger partial charge in [0.05, 0.1) is 11.6 Å². The number of nitrogens with zero attached hydrogens (tertiary/aromatic N) is 2. The summed E-state index contributed by atoms with van der Waals surface area (Å²) >= 11 is 0. The lowest BCUT2D eigenvalue weighted by Crippen LogP contribution is -2.12. The highest BCUT2D eigenvalue weighted by molar-refractivity contribution is 5.46. The largest absolute Gasteiger partial charge is 0.381 e. The van der Waals surface area contributed by atoms with Crippen LogP contribution in [0, 0.1) is 17.1 Å². The van der Waals surface area contributed by atoms with Gasteiger partial charge in [-0.05, 0) is 43.9 Å². The molecular weight excluding hydrogens is 265 g/mol. The Morgan fingerprint density at radius 3 is 2.43 bits per heavy atom. The van der Waals surface area contributed by atoms with Crippen LogP contribution in [0.25, 0.3) is 0 Å². The number of hydrogen-bond acceptors (Lipinski definition) is 3. The molecule has 3 nitrogen and oxygen atoms in total. The third kappa shape index (κ3) is 4.30. The second kappa shape index (κ2) is 6.87. The van der Waals surface area contributed by atoms with E-state index in [9.17, 15) is 4.39 Å². The molecule has 0 aliphatic carbocycles. The molecule has 0 radical (unpaired) electrons. The maximum absolute atomic E-state index is 13.9. The fourth-order valence-corrected chi connectivity index (χ4v) is 2.03. The molecule has 0 aliphatic heterocycles. The maximum atomic E-state index is 13.9. The van der Waals surface area contributed by atoms with Crippen molar-refractivity contribution in [3.05, 3.63) is 65.0 Å². The molecule has 4 heteroatoms. The molecular formula is C17H18FN3. The van der Waals surface area contributed by atoms with E-state index in [0.29, 0.717) is 24.2 Å². The van der Waals surface area contributed by atoms with Crippen molar-refractivity contribution in [3.8, 4) is 6.07 Å². The maximum Gasteiger partial charge on any atom is 0.129 e. The van der Waals surface area contributed by atoms with Gasteiger partial charge >= 0.3 is 0 Å². The van der Waals surface area contributed by atoms with Crippen LogP contribution in [0.1, 0.15) is 16.7 Å². The first kappa shape index (κ1) is 15.0. The van der Waals surface area contributed by atoms with Gasteiger partial charge in [-0.2, -0.15) is 5.26 Å². The van der Waals surface area contributed by atoms with E-state index in [1.54, 1.807) is 18.2 Å². The molecule has 0 amide bonds. The molecule has 0 saturated heterocycles. The first-order valence-electron chi connectivity index (χ1n) is 6.74. The van der Waals surface area contributed by atoms with Crippen molar-refractivity contribution in [2.75, 3.05) is 19.4 Å². The van der Waals surface area contributed by atoms with E-state index >= 15 is 0 Å². The zero-order valence-electron chi connectivity index (χ0n) is 12.2. The zero-order chi connectivity index (χ0) is 15.2. The van der Waals surface area contributed by atoms with E-state index in [4.69, 9.17) is 5.26 Å². The summed E-state index contributed by atoms with van der Waals surface area (Å²) in [5.41, 5.74) is 3.12. The smallest absolute Gasteiger partial charge is 0.129 e. The van der Waals surface area contributed by atoms with Crippen molar-refractivity contribution < 1.29 is 4.39 Å². The van der Waals surface area contributed by atoms with Gasteiger partial charge in [0.2, 0.25) is 0 Å². The first-order chi connectivity index (χ1) is 10.1. The Labute approximate surface area is 124 Å². The van der Waals surface area contributed by atoms with E-state index in [1.807, 2.05) is 37.2 Å². The molecule has 21 heavy (non-hydrogen) atoms. The summed E-state index contributed by atoms with van der Waals surface area (Å²) in [5, 5.41) is 11.9. The van der Waals surface area contributed by atoms with Crippen molar-refractivity contribution in [2.45, 2.75) is 13.1 Å². The number of anilines is 1. The average molecular weight is 283 g/mol. The van der Waals surface area contributed by atoms with Gasteiger partial charge in [-0.3, -0.25) is 0 Å². The van der Waals surface area contributed by atoms with E-state index in [1.165, 1.54) is 6.07 Å². The molecule has 0 saturated carbocycles. The topological polar surface area (TPSA) is 39.1 Å². The fourth-order valence-electron chi connectivity index (χ4n) is 2.03. The summed E-state index contributed by atoms with van der Waals surface area (Å²) in [6, 6.07) is 14.6. The van der Waals surface area contributed by atoms with Crippen LogP contribution in [-0.4, -0.2) is 19.0 Å². The highest BCUT2D eigenvalue weighted by Gasteiger charge is 2.04. The normalized spacial score (nSPS) is 10.4. The summed E-state index contributed by atoms with van der Waals surface area (Å²) in [7, 11) is 3.83. The van der Waals surface area contributed by atoms with Crippen LogP contribution < -0.4 is 5.32 Å². The van der Waals surface area contributed by atoms with Crippen LogP contribution >= 0.6 is 0 Å². The monoisotopic (exact) mass is 283 g/mol. The number of benzene rings is 2. The fraction of sp³-hybridized carbons (Fsp3) is 0.235. The predicted octanol–water partition coefficient (Wildman–Crippen LogP) is 3.37. The molecule has 2 aromatic carbocycles. The van der Waals surface area contributed by atoms with Gasteiger partial charge < -0.3 is 10.2 Å². The molecule has 0 aromatic heterocycles. The summed E-state index contributed by atoms with van der Waals surface area (Å²) in [6.07, 6.45) is 0. The Balaban J connectivity index is 2.00. The molecule has 0 heterocycles. The molecule has 108 valence electrons. The third-order valence-electron chi connectivity index (χ3n) is 3.12. The molecule has 2 rings (SSSR count). The van der Waals surface area contributed by atoms with Crippen LogP contribution in [0.5, 0.6) is 0 Å². The lowest BCUT2D eigenvalue weighted by Gasteiger charge is -2.12. The Hall–Kier alpha value is -2.38. The van der Waals surface area contributed by atoms with Gasteiger partial charge in [0.1, 0.15) is 5.82 Å². The second-order valence-corrected chi connectivity index (χ2v) is 5.21. The van der Waals surface area contributed by atoms with Gasteiger partial charge in [0.25, 0.3) is 0 Å². The van der Waals surface area contributed by atoms with E-state index in [-0.39, 0.29) is 5.82 Å². The van der Waals surface area contributed by atoms with Crippen molar-refractivity contribution >= 4 is 5.69 Å². The van der Waals surface area contributed by atoms with Crippen LogP contribution in [0.2, 0.25) is 0 Å². The standard InChI is InChI=1S/C17H18FN3/c1-21(2)12-15-7-8-16(9-17(15)18)20-11-14-5-3-13(10-19)4-6-14/h3-9,20H,11-12H2,1-2H3. The Kier molecular flexibility index (Phi) is 4.91. The molecule has 1 N–H and O–H groups in total. The molecule has 2 aromatic rings. The summed E-state index contributed by atoms with van der Waals surface area (Å²) in [4.78, 5) is 1.93. The van der Waals surface area contributed by atoms with E-state index in [2.05, 4.69) is 11.4 Å². The third-order valence-corrected chi connectivity index (χ3v) is 3.12. The summed E-state index contributed by atoms with van der Waals surface area (Å²) in [5.74, 6) is -0.200. The average Bonchev–Trinajstić information content (AvgIpc) is 2.48. The van der Waals surface area contributed by atoms with Crippen molar-refractivity contribution in [1.82, 2.24) is 4.90 Å². The minimum atomic E-state index is -0.200. The Morgan fingerprint density at radius 2 is 1.86 bits per heavy atom. The molecule has 0 atom stereocenters. The number of halogens is 1. The van der Waals surface area contributed by atoms with E-state index < -0.39 is 0 Å². The van der Waals surface area contributed by atoms with E-state index in [0.717, 1.165) is 11.3 Å². The SMILES string of the molecule is CN(C)Cc1ccc(NCc2ccc(C#N)cc2)cc1F. The lowest BCUT2D eigenvalue weighted by atomic mass is 10.1. The van der Waals surface area contributed by atoms with Crippen molar-refractivity contribution in [1.29, 1.82) is 5.26 Å². The highest BCUT2D eigenvalue weighted by Crippen LogP contribution is 2.16. The molecule has 0 fully saturated rings. The molecule has 0 unspecified atom stereocenters. The zero-order valence-corrected chi connectivity index (χ0v) is 12.2. The van der Waals surface area contributed by atoms with Crippen LogP contribution in [0.4, 0.5) is 10.1 Å². The number of nitriles is 1. The van der Waals surface area contributed by atoms with Crippen molar-refractivity contribution in [2.24, 2.45) is 0 Å². The van der Waals surface area contributed by atoms with Gasteiger partial charge in [-0.25, -0.2) is 4.39 Å². The van der Waals surface area contributed by atoms with Gasteiger partial charge in [-0.1, -0.05) is 18.2 Å². The minimum Gasteiger partial charge on any atom is -0.381 e. The number of nitrogens with one attached hydrogen (secondary N) is 1.